The van der Waals surface area contributed by atoms with Crippen molar-refractivity contribution in [3.63, 3.8) is 0 Å². The number of ether oxygens (including phenoxy) is 1. The second-order valence-corrected chi connectivity index (χ2v) is 6.69. The van der Waals surface area contributed by atoms with Gasteiger partial charge in [0.1, 0.15) is 5.60 Å². The minimum absolute atomic E-state index is 0.146. The Morgan fingerprint density at radius 2 is 2.10 bits per heavy atom. The van der Waals surface area contributed by atoms with Gasteiger partial charge in [0.15, 0.2) is 0 Å². The van der Waals surface area contributed by atoms with Gasteiger partial charge >= 0.3 is 6.09 Å². The zero-order valence-electron chi connectivity index (χ0n) is 13.1. The summed E-state index contributed by atoms with van der Waals surface area (Å²) in [6.07, 6.45) is 0.865. The Morgan fingerprint density at radius 1 is 1.45 bits per heavy atom. The maximum atomic E-state index is 12.0. The summed E-state index contributed by atoms with van der Waals surface area (Å²) in [4.78, 5) is 15.5. The maximum Gasteiger partial charge on any atom is 0.410 e. The van der Waals surface area contributed by atoms with Crippen molar-refractivity contribution in [1.29, 1.82) is 0 Å². The Labute approximate surface area is 121 Å². The largest absolute Gasteiger partial charge is 0.444 e. The van der Waals surface area contributed by atoms with Crippen LogP contribution in [-0.4, -0.2) is 77.1 Å². The third-order valence-corrected chi connectivity index (χ3v) is 3.25. The molecule has 1 amide bonds. The molecule has 1 heterocycles. The molecule has 0 aromatic rings. The highest BCUT2D eigenvalue weighted by atomic mass is 16.6. The summed E-state index contributed by atoms with van der Waals surface area (Å²) >= 11 is 0. The van der Waals surface area contributed by atoms with Crippen LogP contribution in [0, 0.1) is 0 Å². The number of hydrogen-bond donors (Lipinski definition) is 2. The molecule has 1 unspecified atom stereocenters. The number of β-amino-alcohol motifs (C(OH)–C–C–N with tert-alkyl or cyclic N) is 1. The quantitative estimate of drug-likeness (QED) is 0.778. The van der Waals surface area contributed by atoms with Crippen molar-refractivity contribution in [3.05, 3.63) is 0 Å². The van der Waals surface area contributed by atoms with Crippen LogP contribution in [0.15, 0.2) is 0 Å². The number of carbonyl (C=O) groups excluding carboxylic acids is 1. The molecule has 0 aliphatic carbocycles. The monoisotopic (exact) mass is 288 g/mol. The molecule has 0 saturated carbocycles. The number of rotatable bonds is 5. The third-order valence-electron chi connectivity index (χ3n) is 3.25. The third kappa shape index (κ3) is 5.64. The van der Waals surface area contributed by atoms with E-state index < -0.39 is 11.2 Å². The molecule has 0 bridgehead atoms. The van der Waals surface area contributed by atoms with Gasteiger partial charge in [-0.1, -0.05) is 0 Å². The van der Waals surface area contributed by atoms with E-state index in [2.05, 4.69) is 0 Å². The van der Waals surface area contributed by atoms with E-state index >= 15 is 0 Å². The van der Waals surface area contributed by atoms with E-state index in [1.807, 2.05) is 32.7 Å². The maximum absolute atomic E-state index is 12.0. The number of hydrogen-bond acceptors (Lipinski definition) is 5. The van der Waals surface area contributed by atoms with Crippen molar-refractivity contribution >= 4 is 6.09 Å². The fourth-order valence-corrected chi connectivity index (χ4v) is 2.39. The average Bonchev–Trinajstić information content (AvgIpc) is 2.66. The molecule has 6 heteroatoms. The van der Waals surface area contributed by atoms with Gasteiger partial charge in [-0.3, -0.25) is 0 Å². The van der Waals surface area contributed by atoms with Crippen molar-refractivity contribution in [2.24, 2.45) is 0 Å². The van der Waals surface area contributed by atoms with Crippen molar-refractivity contribution in [1.82, 2.24) is 9.80 Å². The molecule has 1 atom stereocenters. The number of carbonyl (C=O) groups is 1. The molecule has 0 radical (unpaired) electrons. The molecule has 1 saturated heterocycles. The summed E-state index contributed by atoms with van der Waals surface area (Å²) in [5.74, 6) is 0. The highest BCUT2D eigenvalue weighted by Crippen LogP contribution is 2.24. The first-order valence-corrected chi connectivity index (χ1v) is 7.15. The van der Waals surface area contributed by atoms with Gasteiger partial charge in [0, 0.05) is 26.2 Å². The van der Waals surface area contributed by atoms with E-state index in [4.69, 9.17) is 9.84 Å². The zero-order valence-corrected chi connectivity index (χ0v) is 13.1. The zero-order chi connectivity index (χ0) is 15.4. The van der Waals surface area contributed by atoms with Gasteiger partial charge in [-0.15, -0.1) is 0 Å². The fourth-order valence-electron chi connectivity index (χ4n) is 2.39. The van der Waals surface area contributed by atoms with Crippen LogP contribution in [0.5, 0.6) is 0 Å². The Morgan fingerprint density at radius 3 is 2.65 bits per heavy atom. The van der Waals surface area contributed by atoms with E-state index in [-0.39, 0.29) is 12.7 Å². The molecule has 1 fully saturated rings. The topological polar surface area (TPSA) is 73.2 Å². The summed E-state index contributed by atoms with van der Waals surface area (Å²) in [6.45, 7) is 7.66. The predicted molar refractivity (Wildman–Crippen MR) is 76.6 cm³/mol. The van der Waals surface area contributed by atoms with Crippen LogP contribution in [0.4, 0.5) is 4.79 Å². The summed E-state index contributed by atoms with van der Waals surface area (Å²) in [7, 11) is 1.91. The van der Waals surface area contributed by atoms with Crippen LogP contribution < -0.4 is 0 Å². The number of aliphatic hydroxyl groups excluding tert-OH is 1. The number of amides is 1. The molecule has 1 aliphatic heterocycles. The Balaban J connectivity index is 2.46. The highest BCUT2D eigenvalue weighted by molar-refractivity contribution is 5.68. The molecule has 6 nitrogen and oxygen atoms in total. The minimum atomic E-state index is -0.888. The molecule has 0 aromatic heterocycles. The number of aliphatic hydroxyl groups is 2. The molecule has 0 spiro atoms. The first-order valence-electron chi connectivity index (χ1n) is 7.15. The SMILES string of the molecule is CN(CCCO)CC1(O)CCN(C(=O)OC(C)(C)C)C1. The van der Waals surface area contributed by atoms with Gasteiger partial charge in [-0.05, 0) is 40.7 Å². The highest BCUT2D eigenvalue weighted by Gasteiger charge is 2.40. The van der Waals surface area contributed by atoms with E-state index in [1.54, 1.807) is 4.90 Å². The van der Waals surface area contributed by atoms with E-state index in [0.29, 0.717) is 32.5 Å². The molecular formula is C14H28N2O4. The fraction of sp³-hybridized carbons (Fsp3) is 0.929. The van der Waals surface area contributed by atoms with Gasteiger partial charge in [0.05, 0.1) is 12.1 Å². The van der Waals surface area contributed by atoms with Crippen LogP contribution in [0.1, 0.15) is 33.6 Å². The van der Waals surface area contributed by atoms with Crippen LogP contribution in [0.3, 0.4) is 0 Å². The lowest BCUT2D eigenvalue weighted by Crippen LogP contribution is -2.45. The summed E-state index contributed by atoms with van der Waals surface area (Å²) in [5, 5.41) is 19.3. The molecule has 0 aromatic carbocycles. The van der Waals surface area contributed by atoms with E-state index in [9.17, 15) is 9.90 Å². The van der Waals surface area contributed by atoms with Gasteiger partial charge in [0.25, 0.3) is 0 Å². The van der Waals surface area contributed by atoms with Crippen LogP contribution in [-0.2, 0) is 4.74 Å². The Bertz CT molecular complexity index is 330. The van der Waals surface area contributed by atoms with Crippen molar-refractivity contribution < 1.29 is 19.7 Å². The van der Waals surface area contributed by atoms with E-state index in [1.165, 1.54) is 0 Å². The molecule has 1 rings (SSSR count). The lowest BCUT2D eigenvalue weighted by molar-refractivity contribution is 0.00305. The van der Waals surface area contributed by atoms with Gasteiger partial charge < -0.3 is 24.7 Å². The summed E-state index contributed by atoms with van der Waals surface area (Å²) in [6, 6.07) is 0. The summed E-state index contributed by atoms with van der Waals surface area (Å²) < 4.78 is 5.31. The van der Waals surface area contributed by atoms with Crippen LogP contribution >= 0.6 is 0 Å². The number of likely N-dealkylation sites (tertiary alicyclic amines) is 1. The first kappa shape index (κ1) is 17.2. The van der Waals surface area contributed by atoms with Crippen molar-refractivity contribution in [2.75, 3.05) is 39.8 Å². The second-order valence-electron chi connectivity index (χ2n) is 6.69. The van der Waals surface area contributed by atoms with E-state index in [0.717, 1.165) is 6.54 Å². The van der Waals surface area contributed by atoms with Gasteiger partial charge in [-0.2, -0.15) is 0 Å². The molecule has 2 N–H and O–H groups in total. The Hall–Kier alpha value is -0.850. The van der Waals surface area contributed by atoms with Crippen LogP contribution in [0.25, 0.3) is 0 Å². The normalized spacial score (nSPS) is 23.4. The molecule has 1 aliphatic rings. The predicted octanol–water partition coefficient (Wildman–Crippen LogP) is 0.672. The second kappa shape index (κ2) is 6.74. The Kier molecular flexibility index (Phi) is 5.79. The first-order chi connectivity index (χ1) is 9.15. The smallest absolute Gasteiger partial charge is 0.410 e. The van der Waals surface area contributed by atoms with Crippen LogP contribution in [0.2, 0.25) is 0 Å². The standard InChI is InChI=1S/C14H28N2O4/c1-13(2,3)20-12(18)16-8-6-14(19,11-16)10-15(4)7-5-9-17/h17,19H,5-11H2,1-4H3. The summed E-state index contributed by atoms with van der Waals surface area (Å²) in [5.41, 5.74) is -1.41. The minimum Gasteiger partial charge on any atom is -0.444 e. The van der Waals surface area contributed by atoms with Crippen molar-refractivity contribution in [3.8, 4) is 0 Å². The van der Waals surface area contributed by atoms with Gasteiger partial charge in [0.2, 0.25) is 0 Å². The number of likely N-dealkylation sites (N-methyl/N-ethyl adjacent to an activating group) is 1. The lowest BCUT2D eigenvalue weighted by Gasteiger charge is -2.29. The molecule has 20 heavy (non-hydrogen) atoms. The lowest BCUT2D eigenvalue weighted by atomic mass is 10.0. The number of nitrogens with zero attached hydrogens (tertiary/aromatic N) is 2. The average molecular weight is 288 g/mol. The molecular weight excluding hydrogens is 260 g/mol. The van der Waals surface area contributed by atoms with Gasteiger partial charge in [-0.25, -0.2) is 4.79 Å². The molecule has 118 valence electrons. The van der Waals surface area contributed by atoms with Crippen molar-refractivity contribution in [2.45, 2.75) is 44.8 Å².